The summed E-state index contributed by atoms with van der Waals surface area (Å²) in [6.07, 6.45) is 59.1. The molecule has 1 amide bonds. The number of nitrogens with one attached hydrogen (secondary N) is 1. The average molecular weight is 891 g/mol. The summed E-state index contributed by atoms with van der Waals surface area (Å²) >= 11 is 0. The summed E-state index contributed by atoms with van der Waals surface area (Å²) in [4.78, 5) is 25.3. The van der Waals surface area contributed by atoms with E-state index in [0.29, 0.717) is 17.4 Å². The van der Waals surface area contributed by atoms with Crippen molar-refractivity contribution < 1.29 is 32.9 Å². The van der Waals surface area contributed by atoms with E-state index in [1.807, 2.05) is 40.2 Å². The van der Waals surface area contributed by atoms with Gasteiger partial charge in [0.25, 0.3) is 7.82 Å². The van der Waals surface area contributed by atoms with Crippen molar-refractivity contribution in [3.63, 3.8) is 0 Å². The number of amides is 1. The summed E-state index contributed by atoms with van der Waals surface area (Å²) in [5.74, 6) is -0.214. The molecule has 0 fully saturated rings. The van der Waals surface area contributed by atoms with Crippen molar-refractivity contribution >= 4 is 13.7 Å². The molecule has 3 unspecified atom stereocenters. The highest BCUT2D eigenvalue weighted by Crippen LogP contribution is 2.38. The summed E-state index contributed by atoms with van der Waals surface area (Å²) in [5.41, 5.74) is 0. The minimum Gasteiger partial charge on any atom is -0.756 e. The van der Waals surface area contributed by atoms with E-state index < -0.39 is 26.6 Å². The van der Waals surface area contributed by atoms with Crippen LogP contribution in [0.1, 0.15) is 219 Å². The number of likely N-dealkylation sites (N-methyl/N-ethyl adjacent to an activating group) is 1. The molecule has 0 rings (SSSR count). The lowest BCUT2D eigenvalue weighted by Gasteiger charge is -2.29. The summed E-state index contributed by atoms with van der Waals surface area (Å²) < 4.78 is 23.1. The van der Waals surface area contributed by atoms with Gasteiger partial charge in [0.05, 0.1) is 39.9 Å². The Labute approximate surface area is 383 Å². The molecule has 2 N–H and O–H groups in total. The molecular weight excluding hydrogens is 792 g/mol. The summed E-state index contributed by atoms with van der Waals surface area (Å²) in [5, 5.41) is 13.7. The van der Waals surface area contributed by atoms with Crippen LogP contribution in [0.15, 0.2) is 60.8 Å². The van der Waals surface area contributed by atoms with E-state index in [4.69, 9.17) is 9.05 Å². The van der Waals surface area contributed by atoms with Crippen LogP contribution in [0.5, 0.6) is 0 Å². The zero-order valence-electron chi connectivity index (χ0n) is 41.1. The summed E-state index contributed by atoms with van der Waals surface area (Å²) in [6.45, 7) is 4.37. The van der Waals surface area contributed by atoms with Crippen LogP contribution in [0.2, 0.25) is 0 Å². The number of phosphoric acid groups is 1. The predicted octanol–water partition coefficient (Wildman–Crippen LogP) is 14.3. The minimum absolute atomic E-state index is 0.0102. The number of hydrogen-bond donors (Lipinski definition) is 2. The molecule has 0 bridgehead atoms. The van der Waals surface area contributed by atoms with Gasteiger partial charge in [-0.2, -0.15) is 0 Å². The van der Waals surface area contributed by atoms with Crippen molar-refractivity contribution in [3.8, 4) is 0 Å². The molecule has 0 saturated heterocycles. The van der Waals surface area contributed by atoms with Crippen LogP contribution in [0.3, 0.4) is 0 Å². The third-order valence-corrected chi connectivity index (χ3v) is 12.2. The van der Waals surface area contributed by atoms with Gasteiger partial charge < -0.3 is 28.8 Å². The molecule has 0 saturated carbocycles. The van der Waals surface area contributed by atoms with Crippen molar-refractivity contribution in [2.75, 3.05) is 40.9 Å². The van der Waals surface area contributed by atoms with E-state index in [1.54, 1.807) is 6.08 Å². The van der Waals surface area contributed by atoms with Gasteiger partial charge in [-0.1, -0.05) is 203 Å². The SMILES string of the molecule is C/C=C/CC/C=C/CC/C=C/C(O)C(COP(=O)([O-])OCC[N+](C)(C)C)NC(=O)CCCCCCCCCCCCCCCCCCCCC/C=C\C/C=C\CCCCCCC. The fourth-order valence-corrected chi connectivity index (χ4v) is 7.95. The second-order valence-corrected chi connectivity index (χ2v) is 19.9. The highest BCUT2D eigenvalue weighted by molar-refractivity contribution is 7.45. The molecule has 3 atom stereocenters. The first-order valence-electron chi connectivity index (χ1n) is 25.6. The highest BCUT2D eigenvalue weighted by atomic mass is 31.2. The molecule has 9 heteroatoms. The lowest BCUT2D eigenvalue weighted by molar-refractivity contribution is -0.870. The molecule has 362 valence electrons. The number of allylic oxidation sites excluding steroid dienone is 9. The quantitative estimate of drug-likeness (QED) is 0.0273. The highest BCUT2D eigenvalue weighted by Gasteiger charge is 2.23. The summed E-state index contributed by atoms with van der Waals surface area (Å²) in [6, 6.07) is -0.908. The van der Waals surface area contributed by atoms with Gasteiger partial charge in [-0.3, -0.25) is 9.36 Å². The van der Waals surface area contributed by atoms with E-state index in [0.717, 1.165) is 51.4 Å². The second kappa shape index (κ2) is 44.4. The molecule has 0 aromatic rings. The van der Waals surface area contributed by atoms with Crippen LogP contribution >= 0.6 is 7.82 Å². The Kier molecular flexibility index (Phi) is 43.1. The number of hydrogen-bond acceptors (Lipinski definition) is 6. The van der Waals surface area contributed by atoms with E-state index >= 15 is 0 Å². The van der Waals surface area contributed by atoms with E-state index in [2.05, 4.69) is 54.8 Å². The third-order valence-electron chi connectivity index (χ3n) is 11.3. The molecule has 0 aromatic heterocycles. The van der Waals surface area contributed by atoms with Gasteiger partial charge in [0.1, 0.15) is 13.2 Å². The van der Waals surface area contributed by atoms with Gasteiger partial charge in [-0.05, 0) is 71.1 Å². The average Bonchev–Trinajstić information content (AvgIpc) is 3.23. The van der Waals surface area contributed by atoms with Crippen molar-refractivity contribution in [1.29, 1.82) is 0 Å². The first-order valence-corrected chi connectivity index (χ1v) is 27.1. The standard InChI is InChI=1S/C53H99N2O6P/c1-6-8-10-12-14-16-17-18-19-20-21-22-23-24-25-26-27-28-29-30-31-32-33-34-35-36-37-39-41-43-45-47-53(57)54-51(50-61-62(58,59)60-49-48-55(3,4)5)52(56)46-44-42-40-38-15-13-11-9-7-2/h7,9,15,17-18,20-21,38,44,46,51-52,56H,6,8,10-14,16,19,22-37,39-43,45,47-50H2,1-5H3,(H-,54,57,58,59)/b9-7+,18-17-,21-20-,38-15+,46-44+. The molecule has 8 nitrogen and oxygen atoms in total. The molecule has 0 aromatic carbocycles. The normalized spacial score (nSPS) is 14.6. The van der Waals surface area contributed by atoms with Crippen LogP contribution in [0, 0.1) is 0 Å². The lowest BCUT2D eigenvalue weighted by atomic mass is 10.0. The van der Waals surface area contributed by atoms with E-state index in [9.17, 15) is 19.4 Å². The Morgan fingerprint density at radius 3 is 1.48 bits per heavy atom. The molecule has 0 heterocycles. The molecule has 0 spiro atoms. The van der Waals surface area contributed by atoms with Gasteiger partial charge in [-0.15, -0.1) is 0 Å². The number of carbonyl (C=O) groups is 1. The van der Waals surface area contributed by atoms with E-state index in [-0.39, 0.29) is 12.5 Å². The topological polar surface area (TPSA) is 108 Å². The van der Waals surface area contributed by atoms with Crippen molar-refractivity contribution in [3.05, 3.63) is 60.8 Å². The van der Waals surface area contributed by atoms with E-state index in [1.165, 1.54) is 148 Å². The fraction of sp³-hybridized carbons (Fsp3) is 0.792. The van der Waals surface area contributed by atoms with Gasteiger partial charge in [-0.25, -0.2) is 0 Å². The fourth-order valence-electron chi connectivity index (χ4n) is 7.22. The number of carbonyl (C=O) groups excluding carboxylic acids is 1. The van der Waals surface area contributed by atoms with Crippen LogP contribution < -0.4 is 10.2 Å². The Morgan fingerprint density at radius 1 is 0.597 bits per heavy atom. The van der Waals surface area contributed by atoms with Crippen LogP contribution in [-0.4, -0.2) is 68.5 Å². The number of aliphatic hydroxyl groups excluding tert-OH is 1. The zero-order valence-corrected chi connectivity index (χ0v) is 42.0. The zero-order chi connectivity index (χ0) is 45.7. The number of nitrogens with zero attached hydrogens (tertiary/aromatic N) is 1. The Morgan fingerprint density at radius 2 is 1.02 bits per heavy atom. The molecule has 0 aliphatic heterocycles. The third kappa shape index (κ3) is 46.2. The number of phosphoric ester groups is 1. The van der Waals surface area contributed by atoms with Crippen molar-refractivity contribution in [1.82, 2.24) is 5.32 Å². The first-order chi connectivity index (χ1) is 30.0. The van der Waals surface area contributed by atoms with Gasteiger partial charge in [0.15, 0.2) is 0 Å². The lowest BCUT2D eigenvalue weighted by Crippen LogP contribution is -2.45. The van der Waals surface area contributed by atoms with Crippen molar-refractivity contribution in [2.45, 2.75) is 231 Å². The van der Waals surface area contributed by atoms with Crippen LogP contribution in [0.4, 0.5) is 0 Å². The van der Waals surface area contributed by atoms with Gasteiger partial charge in [0, 0.05) is 6.42 Å². The second-order valence-electron chi connectivity index (χ2n) is 18.5. The maximum atomic E-state index is 12.9. The van der Waals surface area contributed by atoms with Gasteiger partial charge >= 0.3 is 0 Å². The van der Waals surface area contributed by atoms with Crippen LogP contribution in [0.25, 0.3) is 0 Å². The molecule has 0 aliphatic rings. The smallest absolute Gasteiger partial charge is 0.268 e. The maximum Gasteiger partial charge on any atom is 0.268 e. The Bertz CT molecular complexity index is 1190. The largest absolute Gasteiger partial charge is 0.756 e. The van der Waals surface area contributed by atoms with Gasteiger partial charge in [0.2, 0.25) is 5.91 Å². The number of unbranched alkanes of at least 4 members (excludes halogenated alkanes) is 26. The monoisotopic (exact) mass is 891 g/mol. The molecule has 62 heavy (non-hydrogen) atoms. The molecule has 0 radical (unpaired) electrons. The van der Waals surface area contributed by atoms with Crippen molar-refractivity contribution in [2.24, 2.45) is 0 Å². The minimum atomic E-state index is -4.60. The number of rotatable bonds is 46. The Hall–Kier alpha value is -1.80. The summed E-state index contributed by atoms with van der Waals surface area (Å²) in [7, 11) is 1.23. The number of quaternary nitrogens is 1. The predicted molar refractivity (Wildman–Crippen MR) is 265 cm³/mol. The first kappa shape index (κ1) is 60.2. The molecule has 0 aliphatic carbocycles. The number of aliphatic hydroxyl groups is 1. The molecular formula is C53H99N2O6P. The Balaban J connectivity index is 3.99. The maximum absolute atomic E-state index is 12.9. The van der Waals surface area contributed by atoms with Crippen LogP contribution in [-0.2, 0) is 18.4 Å².